The molecule has 3 rings (SSSR count). The Bertz CT molecular complexity index is 672. The summed E-state index contributed by atoms with van der Waals surface area (Å²) in [5, 5.41) is 10.7. The van der Waals surface area contributed by atoms with Gasteiger partial charge in [-0.15, -0.1) is 0 Å². The van der Waals surface area contributed by atoms with Crippen molar-refractivity contribution in [3.05, 3.63) is 41.5 Å². The molecule has 0 spiro atoms. The van der Waals surface area contributed by atoms with Crippen molar-refractivity contribution in [3.8, 4) is 5.88 Å². The topological polar surface area (TPSA) is 107 Å². The molecular weight excluding hydrogens is 304 g/mol. The number of hydrogen-bond donors (Lipinski definition) is 3. The fraction of sp³-hybridized carbons (Fsp3) is 0.444. The van der Waals surface area contributed by atoms with E-state index in [2.05, 4.69) is 9.97 Å². The smallest absolute Gasteiger partial charge is 0.226 e. The first-order chi connectivity index (χ1) is 11.6. The number of nitrogens with zero attached hydrogens (tertiary/aromatic N) is 2. The fourth-order valence-electron chi connectivity index (χ4n) is 3.20. The molecule has 1 saturated carbocycles. The Balaban J connectivity index is 1.84. The Morgan fingerprint density at radius 2 is 1.79 bits per heavy atom. The van der Waals surface area contributed by atoms with Crippen LogP contribution < -0.4 is 16.2 Å². The number of ether oxygens (including phenoxy) is 1. The standard InChI is InChI=1S/C18H24N4O2/c19-16-14(15(23)13-9-5-2-6-10-13)17(22-18(20)21-16)24-11-12-7-3-1-4-8-12/h2,5-6,9-10,12,15,23H,1,3-4,7-8,11H2,(H4,19,20,21,22). The van der Waals surface area contributed by atoms with Gasteiger partial charge in [0.1, 0.15) is 11.9 Å². The first-order valence-electron chi connectivity index (χ1n) is 8.44. The van der Waals surface area contributed by atoms with E-state index >= 15 is 0 Å². The lowest BCUT2D eigenvalue weighted by molar-refractivity contribution is 0.183. The molecule has 128 valence electrons. The monoisotopic (exact) mass is 328 g/mol. The molecule has 1 aliphatic rings. The third kappa shape index (κ3) is 3.76. The minimum absolute atomic E-state index is 0.0511. The van der Waals surface area contributed by atoms with E-state index in [-0.39, 0.29) is 17.6 Å². The zero-order valence-electron chi connectivity index (χ0n) is 13.7. The van der Waals surface area contributed by atoms with Gasteiger partial charge in [0.05, 0.1) is 12.2 Å². The van der Waals surface area contributed by atoms with Crippen molar-refractivity contribution in [2.75, 3.05) is 18.1 Å². The quantitative estimate of drug-likeness (QED) is 0.779. The molecule has 1 unspecified atom stereocenters. The Hall–Kier alpha value is -2.34. The molecule has 5 N–H and O–H groups in total. The van der Waals surface area contributed by atoms with Crippen LogP contribution in [0.4, 0.5) is 11.8 Å². The van der Waals surface area contributed by atoms with Crippen LogP contribution in [-0.2, 0) is 0 Å². The number of benzene rings is 1. The zero-order chi connectivity index (χ0) is 16.9. The van der Waals surface area contributed by atoms with E-state index in [9.17, 15) is 5.11 Å². The van der Waals surface area contributed by atoms with Gasteiger partial charge in [-0.05, 0) is 24.3 Å². The third-order valence-corrected chi connectivity index (χ3v) is 4.53. The summed E-state index contributed by atoms with van der Waals surface area (Å²) in [7, 11) is 0. The van der Waals surface area contributed by atoms with Gasteiger partial charge in [0.25, 0.3) is 0 Å². The molecule has 6 nitrogen and oxygen atoms in total. The number of aliphatic hydroxyl groups excluding tert-OH is 1. The van der Waals surface area contributed by atoms with E-state index in [0.717, 1.165) is 12.8 Å². The van der Waals surface area contributed by atoms with Crippen LogP contribution >= 0.6 is 0 Å². The highest BCUT2D eigenvalue weighted by atomic mass is 16.5. The molecule has 0 amide bonds. The minimum Gasteiger partial charge on any atom is -0.477 e. The molecule has 0 radical (unpaired) electrons. The van der Waals surface area contributed by atoms with Crippen LogP contribution in [0.3, 0.4) is 0 Å². The number of aliphatic hydroxyl groups is 1. The Morgan fingerprint density at radius 3 is 2.50 bits per heavy atom. The van der Waals surface area contributed by atoms with Crippen molar-refractivity contribution >= 4 is 11.8 Å². The van der Waals surface area contributed by atoms with Crippen LogP contribution in [0.5, 0.6) is 5.88 Å². The van der Waals surface area contributed by atoms with E-state index in [1.807, 2.05) is 30.3 Å². The highest BCUT2D eigenvalue weighted by molar-refractivity contribution is 5.53. The first-order valence-corrected chi connectivity index (χ1v) is 8.44. The molecule has 0 aliphatic heterocycles. The molecule has 0 saturated heterocycles. The van der Waals surface area contributed by atoms with Gasteiger partial charge in [-0.25, -0.2) is 0 Å². The SMILES string of the molecule is Nc1nc(N)c(C(O)c2ccccc2)c(OCC2CCCCC2)n1. The Kier molecular flexibility index (Phi) is 5.15. The summed E-state index contributed by atoms with van der Waals surface area (Å²) >= 11 is 0. The van der Waals surface area contributed by atoms with Crippen molar-refractivity contribution in [1.29, 1.82) is 0 Å². The summed E-state index contributed by atoms with van der Waals surface area (Å²) in [5.41, 5.74) is 12.8. The van der Waals surface area contributed by atoms with Gasteiger partial charge in [-0.2, -0.15) is 9.97 Å². The number of nitrogens with two attached hydrogens (primary N) is 2. The third-order valence-electron chi connectivity index (χ3n) is 4.53. The fourth-order valence-corrected chi connectivity index (χ4v) is 3.20. The molecule has 1 heterocycles. The van der Waals surface area contributed by atoms with Crippen LogP contribution in [0.1, 0.15) is 49.3 Å². The molecule has 2 aromatic rings. The molecule has 0 bridgehead atoms. The number of rotatable bonds is 5. The highest BCUT2D eigenvalue weighted by Crippen LogP contribution is 2.34. The van der Waals surface area contributed by atoms with Gasteiger partial charge in [0, 0.05) is 0 Å². The van der Waals surface area contributed by atoms with E-state index in [1.54, 1.807) is 0 Å². The normalized spacial score (nSPS) is 16.7. The van der Waals surface area contributed by atoms with Gasteiger partial charge < -0.3 is 21.3 Å². The molecule has 1 aromatic heterocycles. The van der Waals surface area contributed by atoms with Crippen LogP contribution in [0, 0.1) is 5.92 Å². The molecule has 1 atom stereocenters. The average molecular weight is 328 g/mol. The summed E-state index contributed by atoms with van der Waals surface area (Å²) in [4.78, 5) is 8.15. The van der Waals surface area contributed by atoms with Gasteiger partial charge in [0.15, 0.2) is 0 Å². The van der Waals surface area contributed by atoms with Crippen LogP contribution in [0.15, 0.2) is 30.3 Å². The number of aromatic nitrogens is 2. The van der Waals surface area contributed by atoms with E-state index < -0.39 is 6.10 Å². The van der Waals surface area contributed by atoms with Crippen LogP contribution in [-0.4, -0.2) is 21.7 Å². The minimum atomic E-state index is -0.951. The van der Waals surface area contributed by atoms with E-state index in [0.29, 0.717) is 23.7 Å². The average Bonchev–Trinajstić information content (AvgIpc) is 2.60. The van der Waals surface area contributed by atoms with Crippen molar-refractivity contribution in [3.63, 3.8) is 0 Å². The second kappa shape index (κ2) is 7.49. The van der Waals surface area contributed by atoms with E-state index in [1.165, 1.54) is 19.3 Å². The largest absolute Gasteiger partial charge is 0.477 e. The summed E-state index contributed by atoms with van der Waals surface area (Å²) < 4.78 is 5.91. The molecule has 24 heavy (non-hydrogen) atoms. The maximum atomic E-state index is 10.7. The number of hydrogen-bond acceptors (Lipinski definition) is 6. The van der Waals surface area contributed by atoms with E-state index in [4.69, 9.17) is 16.2 Å². The molecule has 1 aromatic carbocycles. The van der Waals surface area contributed by atoms with Crippen molar-refractivity contribution < 1.29 is 9.84 Å². The molecule has 1 fully saturated rings. The lowest BCUT2D eigenvalue weighted by Crippen LogP contribution is -2.18. The van der Waals surface area contributed by atoms with Gasteiger partial charge >= 0.3 is 0 Å². The second-order valence-corrected chi connectivity index (χ2v) is 6.31. The van der Waals surface area contributed by atoms with Crippen molar-refractivity contribution in [2.45, 2.75) is 38.2 Å². The van der Waals surface area contributed by atoms with Crippen molar-refractivity contribution in [2.24, 2.45) is 5.92 Å². The second-order valence-electron chi connectivity index (χ2n) is 6.31. The highest BCUT2D eigenvalue weighted by Gasteiger charge is 2.23. The van der Waals surface area contributed by atoms with Gasteiger partial charge in [0.2, 0.25) is 11.8 Å². The number of nitrogen functional groups attached to an aromatic ring is 2. The maximum absolute atomic E-state index is 10.7. The van der Waals surface area contributed by atoms with Crippen molar-refractivity contribution in [1.82, 2.24) is 9.97 Å². The van der Waals surface area contributed by atoms with Gasteiger partial charge in [-0.3, -0.25) is 0 Å². The predicted octanol–water partition coefficient (Wildman–Crippen LogP) is 2.68. The van der Waals surface area contributed by atoms with Crippen LogP contribution in [0.25, 0.3) is 0 Å². The Morgan fingerprint density at radius 1 is 1.08 bits per heavy atom. The van der Waals surface area contributed by atoms with Crippen LogP contribution in [0.2, 0.25) is 0 Å². The summed E-state index contributed by atoms with van der Waals surface area (Å²) in [6.45, 7) is 0.560. The summed E-state index contributed by atoms with van der Waals surface area (Å²) in [6.07, 6.45) is 5.14. The number of anilines is 2. The predicted molar refractivity (Wildman–Crippen MR) is 93.4 cm³/mol. The maximum Gasteiger partial charge on any atom is 0.226 e. The lowest BCUT2D eigenvalue weighted by Gasteiger charge is -2.23. The summed E-state index contributed by atoms with van der Waals surface area (Å²) in [5.74, 6) is 0.993. The Labute approximate surface area is 141 Å². The molecule has 1 aliphatic carbocycles. The van der Waals surface area contributed by atoms with Gasteiger partial charge in [-0.1, -0.05) is 49.6 Å². The zero-order valence-corrected chi connectivity index (χ0v) is 13.7. The lowest BCUT2D eigenvalue weighted by atomic mass is 9.90. The first kappa shape index (κ1) is 16.5. The molecular formula is C18H24N4O2. The molecule has 6 heteroatoms. The summed E-state index contributed by atoms with van der Waals surface area (Å²) in [6, 6.07) is 9.25.